The summed E-state index contributed by atoms with van der Waals surface area (Å²) in [4.78, 5) is 10.1. The Labute approximate surface area is 157 Å². The maximum absolute atomic E-state index is 12.9. The molecule has 0 heterocycles. The lowest BCUT2D eigenvalue weighted by molar-refractivity contribution is -0.385. The van der Waals surface area contributed by atoms with Crippen molar-refractivity contribution in [3.05, 3.63) is 52.6 Å². The molecular formula is C17H20N4O5S. The number of sulfonamides is 1. The van der Waals surface area contributed by atoms with Crippen LogP contribution in [-0.2, 0) is 10.0 Å². The smallest absolute Gasteiger partial charge is 0.270 e. The largest absolute Gasteiger partial charge is 0.495 e. The van der Waals surface area contributed by atoms with Crippen molar-refractivity contribution in [2.45, 2.75) is 25.2 Å². The maximum Gasteiger partial charge on any atom is 0.270 e. The van der Waals surface area contributed by atoms with E-state index >= 15 is 0 Å². The van der Waals surface area contributed by atoms with E-state index in [2.05, 4.69) is 15.2 Å². The molecule has 0 aliphatic rings. The van der Waals surface area contributed by atoms with Gasteiger partial charge in [-0.2, -0.15) is 5.10 Å². The molecule has 0 aromatic heterocycles. The van der Waals surface area contributed by atoms with Gasteiger partial charge in [0.05, 0.1) is 23.4 Å². The summed E-state index contributed by atoms with van der Waals surface area (Å²) in [6.07, 6.45) is 0.668. The van der Waals surface area contributed by atoms with Crippen LogP contribution in [0, 0.1) is 10.1 Å². The van der Waals surface area contributed by atoms with Gasteiger partial charge in [-0.1, -0.05) is 19.1 Å². The highest BCUT2D eigenvalue weighted by molar-refractivity contribution is 7.93. The quantitative estimate of drug-likeness (QED) is 0.402. The van der Waals surface area contributed by atoms with E-state index in [1.807, 2.05) is 6.92 Å². The van der Waals surface area contributed by atoms with Gasteiger partial charge in [0, 0.05) is 17.8 Å². The Morgan fingerprint density at radius 2 is 1.93 bits per heavy atom. The van der Waals surface area contributed by atoms with Crippen LogP contribution >= 0.6 is 0 Å². The Kier molecular flexibility index (Phi) is 6.35. The van der Waals surface area contributed by atoms with Gasteiger partial charge < -0.3 is 4.74 Å². The summed E-state index contributed by atoms with van der Waals surface area (Å²) in [5.41, 5.74) is 3.40. The van der Waals surface area contributed by atoms with Crippen LogP contribution in [0.2, 0.25) is 0 Å². The molecule has 27 heavy (non-hydrogen) atoms. The number of methoxy groups -OCH3 is 1. The highest BCUT2D eigenvalue weighted by Crippen LogP contribution is 2.31. The van der Waals surface area contributed by atoms with E-state index in [0.29, 0.717) is 12.2 Å². The summed E-state index contributed by atoms with van der Waals surface area (Å²) in [5.74, 6) is 0.320. The number of hydrazone groups is 1. The van der Waals surface area contributed by atoms with Crippen LogP contribution in [-0.4, -0.2) is 26.2 Å². The van der Waals surface area contributed by atoms with Gasteiger partial charge in [0.25, 0.3) is 15.7 Å². The molecule has 0 atom stereocenters. The zero-order valence-corrected chi connectivity index (χ0v) is 15.9. The number of non-ortho nitro benzene ring substituents is 1. The van der Waals surface area contributed by atoms with E-state index < -0.39 is 14.9 Å². The fourth-order valence-corrected chi connectivity index (χ4v) is 3.35. The summed E-state index contributed by atoms with van der Waals surface area (Å²) >= 11 is 0. The van der Waals surface area contributed by atoms with Gasteiger partial charge >= 0.3 is 0 Å². The number of anilines is 2. The predicted octanol–water partition coefficient (Wildman–Crippen LogP) is 3.60. The van der Waals surface area contributed by atoms with E-state index in [1.54, 1.807) is 25.1 Å². The minimum atomic E-state index is -4.15. The lowest BCUT2D eigenvalue weighted by Crippen LogP contribution is -2.15. The van der Waals surface area contributed by atoms with Crippen molar-refractivity contribution in [1.29, 1.82) is 0 Å². The van der Waals surface area contributed by atoms with Crippen LogP contribution in [0.4, 0.5) is 17.1 Å². The van der Waals surface area contributed by atoms with E-state index in [1.165, 1.54) is 25.3 Å². The Balaban J connectivity index is 2.51. The Morgan fingerprint density at radius 3 is 2.56 bits per heavy atom. The number of nitro benzene ring substituents is 1. The van der Waals surface area contributed by atoms with Crippen LogP contribution < -0.4 is 14.9 Å². The number of hydrogen-bond acceptors (Lipinski definition) is 7. The summed E-state index contributed by atoms with van der Waals surface area (Å²) in [6, 6.07) is 9.96. The predicted molar refractivity (Wildman–Crippen MR) is 104 cm³/mol. The minimum Gasteiger partial charge on any atom is -0.495 e. The molecular weight excluding hydrogens is 372 g/mol. The molecule has 0 amide bonds. The molecule has 0 unspecified atom stereocenters. The third-order valence-corrected chi connectivity index (χ3v) is 5.10. The molecule has 0 bridgehead atoms. The average molecular weight is 392 g/mol. The molecule has 144 valence electrons. The van der Waals surface area contributed by atoms with Gasteiger partial charge in [0.2, 0.25) is 0 Å². The molecule has 9 nitrogen and oxygen atoms in total. The molecule has 2 aromatic rings. The van der Waals surface area contributed by atoms with E-state index in [0.717, 1.165) is 11.8 Å². The Morgan fingerprint density at radius 1 is 1.22 bits per heavy atom. The number of rotatable bonds is 8. The number of para-hydroxylation sites is 2. The summed E-state index contributed by atoms with van der Waals surface area (Å²) in [7, 11) is -2.74. The third kappa shape index (κ3) is 4.94. The van der Waals surface area contributed by atoms with E-state index in [9.17, 15) is 18.5 Å². The fraction of sp³-hybridized carbons (Fsp3) is 0.235. The number of hydrogen-bond donors (Lipinski definition) is 2. The van der Waals surface area contributed by atoms with Crippen molar-refractivity contribution in [3.63, 3.8) is 0 Å². The SMILES string of the molecule is CC/C(C)=N\Nc1ccc([N+](=O)[O-])cc1S(=O)(=O)Nc1ccccc1OC. The number of nitrogens with one attached hydrogen (secondary N) is 2. The molecule has 0 radical (unpaired) electrons. The van der Waals surface area contributed by atoms with Gasteiger partial charge in [-0.25, -0.2) is 8.42 Å². The Bertz CT molecular complexity index is 973. The molecule has 0 saturated carbocycles. The highest BCUT2D eigenvalue weighted by Gasteiger charge is 2.23. The van der Waals surface area contributed by atoms with Crippen molar-refractivity contribution in [3.8, 4) is 5.75 Å². The molecule has 0 saturated heterocycles. The normalized spacial score (nSPS) is 11.7. The second-order valence-electron chi connectivity index (χ2n) is 5.56. The van der Waals surface area contributed by atoms with E-state index in [4.69, 9.17) is 4.74 Å². The van der Waals surface area contributed by atoms with Gasteiger partial charge in [-0.05, 0) is 31.5 Å². The average Bonchev–Trinajstić information content (AvgIpc) is 2.65. The highest BCUT2D eigenvalue weighted by atomic mass is 32.2. The van der Waals surface area contributed by atoms with Gasteiger partial charge in [-0.15, -0.1) is 0 Å². The topological polar surface area (TPSA) is 123 Å². The molecule has 0 aliphatic carbocycles. The lowest BCUT2D eigenvalue weighted by atomic mass is 10.3. The standard InChI is InChI=1S/C17H20N4O5S/c1-4-12(2)18-19-15-10-9-13(21(22)23)11-17(15)27(24,25)20-14-7-5-6-8-16(14)26-3/h5-11,19-20H,4H2,1-3H3/b18-12-. The summed E-state index contributed by atoms with van der Waals surface area (Å²) in [5, 5.41) is 15.2. The van der Waals surface area contributed by atoms with Crippen molar-refractivity contribution in [2.75, 3.05) is 17.3 Å². The number of nitro groups is 1. The van der Waals surface area contributed by atoms with Crippen LogP contribution in [0.3, 0.4) is 0 Å². The minimum absolute atomic E-state index is 0.121. The number of benzene rings is 2. The fourth-order valence-electron chi connectivity index (χ4n) is 2.10. The third-order valence-electron chi connectivity index (χ3n) is 3.70. The zero-order chi connectivity index (χ0) is 20.0. The van der Waals surface area contributed by atoms with Crippen LogP contribution in [0.5, 0.6) is 5.75 Å². The first-order chi connectivity index (χ1) is 12.8. The van der Waals surface area contributed by atoms with Crippen LogP contribution in [0.25, 0.3) is 0 Å². The molecule has 10 heteroatoms. The van der Waals surface area contributed by atoms with Gasteiger partial charge in [0.1, 0.15) is 10.6 Å². The number of ether oxygens (including phenoxy) is 1. The molecule has 2 N–H and O–H groups in total. The summed E-state index contributed by atoms with van der Waals surface area (Å²) in [6.45, 7) is 3.68. The monoisotopic (exact) mass is 392 g/mol. The van der Waals surface area contributed by atoms with Crippen LogP contribution in [0.1, 0.15) is 20.3 Å². The molecule has 0 fully saturated rings. The molecule has 0 spiro atoms. The zero-order valence-electron chi connectivity index (χ0n) is 15.1. The number of nitrogens with zero attached hydrogens (tertiary/aromatic N) is 2. The molecule has 2 rings (SSSR count). The molecule has 2 aromatic carbocycles. The van der Waals surface area contributed by atoms with Crippen molar-refractivity contribution >= 4 is 32.8 Å². The summed E-state index contributed by atoms with van der Waals surface area (Å²) < 4.78 is 33.3. The maximum atomic E-state index is 12.9. The van der Waals surface area contributed by atoms with Crippen molar-refractivity contribution in [1.82, 2.24) is 0 Å². The van der Waals surface area contributed by atoms with E-state index in [-0.39, 0.29) is 22.0 Å². The first-order valence-electron chi connectivity index (χ1n) is 8.02. The van der Waals surface area contributed by atoms with Crippen molar-refractivity contribution in [2.24, 2.45) is 5.10 Å². The molecule has 0 aliphatic heterocycles. The first-order valence-corrected chi connectivity index (χ1v) is 9.50. The van der Waals surface area contributed by atoms with Gasteiger partial charge in [0.15, 0.2) is 0 Å². The Hall–Kier alpha value is -3.14. The first kappa shape index (κ1) is 20.2. The van der Waals surface area contributed by atoms with Crippen molar-refractivity contribution < 1.29 is 18.1 Å². The van der Waals surface area contributed by atoms with Crippen LogP contribution in [0.15, 0.2) is 52.5 Å². The van der Waals surface area contributed by atoms with Gasteiger partial charge in [-0.3, -0.25) is 20.3 Å². The second-order valence-corrected chi connectivity index (χ2v) is 7.21. The lowest BCUT2D eigenvalue weighted by Gasteiger charge is -2.14. The second kappa shape index (κ2) is 8.49.